The summed E-state index contributed by atoms with van der Waals surface area (Å²) >= 11 is 0. The topological polar surface area (TPSA) is 70.2 Å². The third kappa shape index (κ3) is 4.29. The van der Waals surface area contributed by atoms with E-state index in [1.165, 1.54) is 4.31 Å². The molecule has 30 heavy (non-hydrogen) atoms. The molecule has 2 fully saturated rings. The average Bonchev–Trinajstić information content (AvgIpc) is 3.13. The third-order valence-corrected chi connectivity index (χ3v) is 7.47. The van der Waals surface area contributed by atoms with Gasteiger partial charge in [-0.15, -0.1) is 0 Å². The molecule has 7 nitrogen and oxygen atoms in total. The number of carbonyl (C=O) groups is 1. The second kappa shape index (κ2) is 8.65. The van der Waals surface area contributed by atoms with Crippen LogP contribution in [-0.2, 0) is 21.3 Å². The summed E-state index contributed by atoms with van der Waals surface area (Å²) in [7, 11) is -1.43. The highest BCUT2D eigenvalue weighted by molar-refractivity contribution is 7.93. The normalized spacial score (nSPS) is 18.4. The second-order valence-electron chi connectivity index (χ2n) is 7.68. The van der Waals surface area contributed by atoms with E-state index in [9.17, 15) is 13.2 Å². The molecule has 2 saturated heterocycles. The van der Waals surface area contributed by atoms with E-state index in [2.05, 4.69) is 17.0 Å². The van der Waals surface area contributed by atoms with Crippen molar-refractivity contribution in [3.05, 3.63) is 59.7 Å². The number of hydrogen-bond donors (Lipinski definition) is 0. The van der Waals surface area contributed by atoms with Crippen LogP contribution in [0.4, 0.5) is 11.4 Å². The fourth-order valence-corrected chi connectivity index (χ4v) is 5.57. The molecule has 0 N–H and O–H groups in total. The van der Waals surface area contributed by atoms with Crippen LogP contribution in [0.5, 0.6) is 0 Å². The number of para-hydroxylation sites is 1. The lowest BCUT2D eigenvalue weighted by molar-refractivity contribution is 0.0785. The van der Waals surface area contributed by atoms with Crippen LogP contribution in [0.15, 0.2) is 48.5 Å². The van der Waals surface area contributed by atoms with E-state index in [1.807, 2.05) is 12.1 Å². The molecule has 0 spiro atoms. The fourth-order valence-electron chi connectivity index (χ4n) is 4.00. The van der Waals surface area contributed by atoms with Gasteiger partial charge in [0.2, 0.25) is 10.0 Å². The van der Waals surface area contributed by atoms with Crippen molar-refractivity contribution in [2.24, 2.45) is 0 Å². The van der Waals surface area contributed by atoms with Gasteiger partial charge in [0.25, 0.3) is 5.91 Å². The van der Waals surface area contributed by atoms with E-state index in [0.717, 1.165) is 24.3 Å². The molecule has 2 aliphatic rings. The van der Waals surface area contributed by atoms with Gasteiger partial charge in [-0.25, -0.2) is 8.42 Å². The zero-order valence-electron chi connectivity index (χ0n) is 17.2. The highest BCUT2D eigenvalue weighted by Crippen LogP contribution is 2.26. The number of ether oxygens (including phenoxy) is 1. The lowest BCUT2D eigenvalue weighted by atomic mass is 10.1. The number of nitrogens with zero attached hydrogens (tertiary/aromatic N) is 3. The van der Waals surface area contributed by atoms with Gasteiger partial charge in [0.05, 0.1) is 24.7 Å². The van der Waals surface area contributed by atoms with Crippen LogP contribution in [0.25, 0.3) is 0 Å². The first-order chi connectivity index (χ1) is 14.5. The minimum absolute atomic E-state index is 0.0948. The maximum atomic E-state index is 13.0. The van der Waals surface area contributed by atoms with Gasteiger partial charge in [0.15, 0.2) is 0 Å². The first-order valence-electron chi connectivity index (χ1n) is 10.2. The van der Waals surface area contributed by atoms with Crippen LogP contribution in [-0.4, -0.2) is 64.9 Å². The molecule has 8 heteroatoms. The Bertz CT molecular complexity index is 1000. The van der Waals surface area contributed by atoms with Gasteiger partial charge in [-0.3, -0.25) is 9.10 Å². The summed E-state index contributed by atoms with van der Waals surface area (Å²) in [6.07, 6.45) is 0.633. The summed E-state index contributed by atoms with van der Waals surface area (Å²) in [5.74, 6) is 0.0847. The molecular formula is C22H27N3O4S. The van der Waals surface area contributed by atoms with Crippen molar-refractivity contribution >= 4 is 27.3 Å². The summed E-state index contributed by atoms with van der Waals surface area (Å²) in [5, 5.41) is 0. The van der Waals surface area contributed by atoms with Gasteiger partial charge >= 0.3 is 0 Å². The molecule has 2 aromatic rings. The van der Waals surface area contributed by atoms with E-state index >= 15 is 0 Å². The summed E-state index contributed by atoms with van der Waals surface area (Å²) in [6.45, 7) is 4.10. The number of rotatable bonds is 5. The maximum Gasteiger partial charge on any atom is 0.253 e. The van der Waals surface area contributed by atoms with E-state index in [4.69, 9.17) is 4.74 Å². The number of sulfonamides is 1. The van der Waals surface area contributed by atoms with Crippen molar-refractivity contribution in [3.8, 4) is 0 Å². The molecule has 0 aromatic heterocycles. The van der Waals surface area contributed by atoms with Crippen molar-refractivity contribution < 1.29 is 17.9 Å². The first-order valence-corrected chi connectivity index (χ1v) is 11.8. The standard InChI is InChI=1S/C22H27N3O4S/c1-23(17-19-5-2-3-6-21(19)24-12-14-29-15-13-24)22(26)18-7-9-20(10-8-18)25-11-4-16-30(25,27)28/h2-3,5-10H,4,11-17H2,1H3. The average molecular weight is 430 g/mol. The van der Waals surface area contributed by atoms with Crippen molar-refractivity contribution in [3.63, 3.8) is 0 Å². The predicted molar refractivity (Wildman–Crippen MR) is 117 cm³/mol. The van der Waals surface area contributed by atoms with Crippen molar-refractivity contribution in [2.75, 3.05) is 54.9 Å². The smallest absolute Gasteiger partial charge is 0.253 e. The molecule has 4 rings (SSSR count). The molecule has 160 valence electrons. The van der Waals surface area contributed by atoms with Gasteiger partial charge in [-0.1, -0.05) is 18.2 Å². The monoisotopic (exact) mass is 429 g/mol. The van der Waals surface area contributed by atoms with Crippen molar-refractivity contribution in [1.29, 1.82) is 0 Å². The Hall–Kier alpha value is -2.58. The summed E-state index contributed by atoms with van der Waals surface area (Å²) in [4.78, 5) is 16.9. The summed E-state index contributed by atoms with van der Waals surface area (Å²) in [5.41, 5.74) is 3.39. The molecule has 2 aromatic carbocycles. The largest absolute Gasteiger partial charge is 0.378 e. The number of amides is 1. The lowest BCUT2D eigenvalue weighted by Gasteiger charge is -2.31. The van der Waals surface area contributed by atoms with Crippen LogP contribution < -0.4 is 9.21 Å². The minimum Gasteiger partial charge on any atom is -0.378 e. The Morgan fingerprint density at radius 2 is 1.73 bits per heavy atom. The molecule has 0 saturated carbocycles. The molecule has 0 unspecified atom stereocenters. The summed E-state index contributed by atoms with van der Waals surface area (Å²) in [6, 6.07) is 15.0. The molecule has 2 aliphatic heterocycles. The Balaban J connectivity index is 1.47. The van der Waals surface area contributed by atoms with Gasteiger partial charge in [0, 0.05) is 44.5 Å². The molecule has 2 heterocycles. The van der Waals surface area contributed by atoms with Crippen LogP contribution in [0.2, 0.25) is 0 Å². The zero-order valence-corrected chi connectivity index (χ0v) is 18.0. The minimum atomic E-state index is -3.22. The third-order valence-electron chi connectivity index (χ3n) is 5.60. The Labute approximate surface area is 177 Å². The Morgan fingerprint density at radius 1 is 1.03 bits per heavy atom. The van der Waals surface area contributed by atoms with Crippen molar-refractivity contribution in [2.45, 2.75) is 13.0 Å². The van der Waals surface area contributed by atoms with Crippen LogP contribution in [0.1, 0.15) is 22.3 Å². The lowest BCUT2D eigenvalue weighted by Crippen LogP contribution is -2.37. The predicted octanol–water partition coefficient (Wildman–Crippen LogP) is 2.34. The van der Waals surface area contributed by atoms with Gasteiger partial charge in [-0.2, -0.15) is 0 Å². The number of hydrogen-bond acceptors (Lipinski definition) is 5. The molecule has 1 amide bonds. The van der Waals surface area contributed by atoms with Gasteiger partial charge in [-0.05, 0) is 42.3 Å². The second-order valence-corrected chi connectivity index (χ2v) is 9.69. The molecular weight excluding hydrogens is 402 g/mol. The number of carbonyl (C=O) groups excluding carboxylic acids is 1. The van der Waals surface area contributed by atoms with Gasteiger partial charge in [0.1, 0.15) is 0 Å². The fraction of sp³-hybridized carbons (Fsp3) is 0.409. The SMILES string of the molecule is CN(Cc1ccccc1N1CCOCC1)C(=O)c1ccc(N2CCCS2(=O)=O)cc1. The van der Waals surface area contributed by atoms with Crippen molar-refractivity contribution in [1.82, 2.24) is 4.90 Å². The van der Waals surface area contributed by atoms with Crippen LogP contribution in [0.3, 0.4) is 0 Å². The van der Waals surface area contributed by atoms with Crippen LogP contribution >= 0.6 is 0 Å². The number of anilines is 2. The Morgan fingerprint density at radius 3 is 2.40 bits per heavy atom. The quantitative estimate of drug-likeness (QED) is 0.730. The molecule has 0 atom stereocenters. The van der Waals surface area contributed by atoms with E-state index in [-0.39, 0.29) is 11.7 Å². The van der Waals surface area contributed by atoms with Crippen LogP contribution in [0, 0.1) is 0 Å². The van der Waals surface area contributed by atoms with E-state index in [1.54, 1.807) is 36.2 Å². The maximum absolute atomic E-state index is 13.0. The summed E-state index contributed by atoms with van der Waals surface area (Å²) < 4.78 is 31.1. The van der Waals surface area contributed by atoms with E-state index < -0.39 is 10.0 Å². The van der Waals surface area contributed by atoms with E-state index in [0.29, 0.717) is 44.0 Å². The molecule has 0 radical (unpaired) electrons. The number of benzene rings is 2. The first kappa shape index (κ1) is 20.7. The number of morpholine rings is 1. The zero-order chi connectivity index (χ0) is 21.1. The Kier molecular flexibility index (Phi) is 5.97. The van der Waals surface area contributed by atoms with Gasteiger partial charge < -0.3 is 14.5 Å². The highest BCUT2D eigenvalue weighted by atomic mass is 32.2. The molecule has 0 aliphatic carbocycles. The molecule has 0 bridgehead atoms. The highest BCUT2D eigenvalue weighted by Gasteiger charge is 2.28.